The zero-order valence-corrected chi connectivity index (χ0v) is 17.9. The molecule has 6 heteroatoms. The molecule has 22 heavy (non-hydrogen) atoms. The van der Waals surface area contributed by atoms with E-state index in [1.54, 1.807) is 0 Å². The summed E-state index contributed by atoms with van der Waals surface area (Å²) in [7, 11) is 1.85. The average Bonchev–Trinajstić information content (AvgIpc) is 2.49. The number of likely N-dealkylation sites (tertiary alicyclic amines) is 1. The smallest absolute Gasteiger partial charge is 0.191 e. The van der Waals surface area contributed by atoms with Crippen molar-refractivity contribution in [2.45, 2.75) is 45.6 Å². The summed E-state index contributed by atoms with van der Waals surface area (Å²) in [5.41, 5.74) is 0. The Morgan fingerprint density at radius 1 is 1.36 bits per heavy atom. The van der Waals surface area contributed by atoms with Crippen LogP contribution in [0.25, 0.3) is 0 Å². The molecule has 2 unspecified atom stereocenters. The summed E-state index contributed by atoms with van der Waals surface area (Å²) in [6, 6.07) is 0.572. The molecule has 0 aromatic carbocycles. The zero-order chi connectivity index (χ0) is 15.5. The van der Waals surface area contributed by atoms with Crippen molar-refractivity contribution in [3.8, 4) is 0 Å². The molecule has 2 atom stereocenters. The molecule has 0 aromatic rings. The molecule has 0 amide bonds. The fourth-order valence-electron chi connectivity index (χ4n) is 2.80. The van der Waals surface area contributed by atoms with E-state index in [0.29, 0.717) is 6.04 Å². The van der Waals surface area contributed by atoms with Crippen LogP contribution in [-0.2, 0) is 0 Å². The van der Waals surface area contributed by atoms with Crippen molar-refractivity contribution >= 4 is 41.7 Å². The first kappa shape index (κ1) is 22.3. The van der Waals surface area contributed by atoms with Crippen LogP contribution < -0.4 is 10.6 Å². The highest BCUT2D eigenvalue weighted by Gasteiger charge is 2.20. The summed E-state index contributed by atoms with van der Waals surface area (Å²) in [6.45, 7) is 9.14. The molecule has 132 valence electrons. The van der Waals surface area contributed by atoms with Gasteiger partial charge >= 0.3 is 0 Å². The van der Waals surface area contributed by atoms with Crippen LogP contribution in [0.5, 0.6) is 0 Å². The molecule has 1 fully saturated rings. The Morgan fingerprint density at radius 2 is 2.14 bits per heavy atom. The minimum Gasteiger partial charge on any atom is -0.356 e. The number of nitrogens with one attached hydrogen (secondary N) is 2. The highest BCUT2D eigenvalue weighted by atomic mass is 127. The number of guanidine groups is 1. The molecule has 1 aliphatic rings. The van der Waals surface area contributed by atoms with Crippen molar-refractivity contribution < 1.29 is 0 Å². The van der Waals surface area contributed by atoms with Gasteiger partial charge in [-0.1, -0.05) is 6.92 Å². The van der Waals surface area contributed by atoms with E-state index < -0.39 is 0 Å². The maximum atomic E-state index is 4.31. The lowest BCUT2D eigenvalue weighted by Crippen LogP contribution is -2.48. The van der Waals surface area contributed by atoms with Crippen LogP contribution in [0.15, 0.2) is 4.99 Å². The van der Waals surface area contributed by atoms with Crippen LogP contribution in [0.3, 0.4) is 0 Å². The maximum Gasteiger partial charge on any atom is 0.191 e. The summed E-state index contributed by atoms with van der Waals surface area (Å²) < 4.78 is 0. The number of aliphatic imine (C=N–C) groups is 1. The molecule has 1 saturated heterocycles. The van der Waals surface area contributed by atoms with Crippen molar-refractivity contribution in [1.29, 1.82) is 0 Å². The lowest BCUT2D eigenvalue weighted by Gasteiger charge is -2.35. The standard InChI is InChI=1S/C16H34N4S.HI/c1-14-8-7-10-20(13-14)15(2)12-19-16(17-3)18-9-5-6-11-21-4;/h14-15H,5-13H2,1-4H3,(H2,17,18,19);1H. The molecule has 0 bridgehead atoms. The first-order chi connectivity index (χ1) is 10.2. The molecule has 0 saturated carbocycles. The molecule has 4 nitrogen and oxygen atoms in total. The predicted octanol–water partition coefficient (Wildman–Crippen LogP) is 3.03. The van der Waals surface area contributed by atoms with Gasteiger partial charge in [-0.05, 0) is 57.1 Å². The first-order valence-electron chi connectivity index (χ1n) is 8.34. The van der Waals surface area contributed by atoms with Crippen LogP contribution in [0, 0.1) is 5.92 Å². The van der Waals surface area contributed by atoms with Crippen LogP contribution in [0.2, 0.25) is 0 Å². The largest absolute Gasteiger partial charge is 0.356 e. The lowest BCUT2D eigenvalue weighted by atomic mass is 9.99. The van der Waals surface area contributed by atoms with E-state index in [0.717, 1.165) is 25.0 Å². The zero-order valence-electron chi connectivity index (χ0n) is 14.7. The highest BCUT2D eigenvalue weighted by Crippen LogP contribution is 2.17. The second kappa shape index (κ2) is 13.7. The molecular formula is C16H35IN4S. The van der Waals surface area contributed by atoms with Crippen molar-refractivity contribution in [3.63, 3.8) is 0 Å². The normalized spacial score (nSPS) is 21.1. The molecule has 1 rings (SSSR count). The van der Waals surface area contributed by atoms with Crippen molar-refractivity contribution in [1.82, 2.24) is 15.5 Å². The Morgan fingerprint density at radius 3 is 2.77 bits per heavy atom. The average molecular weight is 442 g/mol. The molecule has 1 aliphatic heterocycles. The molecule has 1 heterocycles. The van der Waals surface area contributed by atoms with Crippen LogP contribution >= 0.6 is 35.7 Å². The molecule has 2 N–H and O–H groups in total. The summed E-state index contributed by atoms with van der Waals surface area (Å²) in [4.78, 5) is 6.91. The number of halogens is 1. The Kier molecular flexibility index (Phi) is 13.9. The summed E-state index contributed by atoms with van der Waals surface area (Å²) >= 11 is 1.92. The van der Waals surface area contributed by atoms with Gasteiger partial charge in [-0.25, -0.2) is 0 Å². The number of hydrogen-bond donors (Lipinski definition) is 2. The SMILES string of the molecule is CN=C(NCCCCSC)NCC(C)N1CCCC(C)C1.I. The fourth-order valence-corrected chi connectivity index (χ4v) is 3.29. The minimum absolute atomic E-state index is 0. The van der Waals surface area contributed by atoms with Crippen LogP contribution in [0.1, 0.15) is 39.5 Å². The second-order valence-electron chi connectivity index (χ2n) is 6.17. The number of unbranched alkanes of at least 4 members (excludes halogenated alkanes) is 1. The molecule has 0 spiro atoms. The first-order valence-corrected chi connectivity index (χ1v) is 9.74. The van der Waals surface area contributed by atoms with Gasteiger partial charge in [-0.3, -0.25) is 9.89 Å². The van der Waals surface area contributed by atoms with Gasteiger partial charge in [0.1, 0.15) is 0 Å². The lowest BCUT2D eigenvalue weighted by molar-refractivity contribution is 0.139. The van der Waals surface area contributed by atoms with Crippen molar-refractivity contribution in [2.75, 3.05) is 45.2 Å². The van der Waals surface area contributed by atoms with E-state index in [4.69, 9.17) is 0 Å². The van der Waals surface area contributed by atoms with Gasteiger partial charge < -0.3 is 10.6 Å². The van der Waals surface area contributed by atoms with E-state index in [-0.39, 0.29) is 24.0 Å². The number of thioether (sulfide) groups is 1. The van der Waals surface area contributed by atoms with E-state index in [1.807, 2.05) is 18.8 Å². The molecule has 0 radical (unpaired) electrons. The number of piperidine rings is 1. The monoisotopic (exact) mass is 442 g/mol. The fraction of sp³-hybridized carbons (Fsp3) is 0.938. The van der Waals surface area contributed by atoms with Gasteiger partial charge in [0.05, 0.1) is 0 Å². The number of nitrogens with zero attached hydrogens (tertiary/aromatic N) is 2. The predicted molar refractivity (Wildman–Crippen MR) is 112 cm³/mol. The Labute approximate surface area is 158 Å². The third kappa shape index (κ3) is 9.45. The third-order valence-corrected chi connectivity index (χ3v) is 4.86. The summed E-state index contributed by atoms with van der Waals surface area (Å²) in [5.74, 6) is 3.03. The van der Waals surface area contributed by atoms with Gasteiger partial charge in [0.25, 0.3) is 0 Å². The van der Waals surface area contributed by atoms with Gasteiger partial charge in [-0.15, -0.1) is 24.0 Å². The van der Waals surface area contributed by atoms with Crippen molar-refractivity contribution in [2.24, 2.45) is 10.9 Å². The van der Waals surface area contributed by atoms with E-state index in [1.165, 1.54) is 44.5 Å². The Balaban J connectivity index is 0.00000441. The summed E-state index contributed by atoms with van der Waals surface area (Å²) in [5, 5.41) is 6.87. The van der Waals surface area contributed by atoms with Gasteiger partial charge in [-0.2, -0.15) is 11.8 Å². The van der Waals surface area contributed by atoms with Crippen LogP contribution in [0.4, 0.5) is 0 Å². The number of hydrogen-bond acceptors (Lipinski definition) is 3. The quantitative estimate of drug-likeness (QED) is 0.262. The van der Waals surface area contributed by atoms with E-state index in [2.05, 4.69) is 40.6 Å². The third-order valence-electron chi connectivity index (χ3n) is 4.17. The molecular weight excluding hydrogens is 407 g/mol. The Bertz CT molecular complexity index is 302. The Hall–Kier alpha value is 0.310. The van der Waals surface area contributed by atoms with Crippen molar-refractivity contribution in [3.05, 3.63) is 0 Å². The topological polar surface area (TPSA) is 39.7 Å². The second-order valence-corrected chi connectivity index (χ2v) is 7.16. The molecule has 0 aliphatic carbocycles. The van der Waals surface area contributed by atoms with E-state index in [9.17, 15) is 0 Å². The highest BCUT2D eigenvalue weighted by molar-refractivity contribution is 14.0. The molecule has 0 aromatic heterocycles. The minimum atomic E-state index is 0. The van der Waals surface area contributed by atoms with Gasteiger partial charge in [0, 0.05) is 32.7 Å². The summed E-state index contributed by atoms with van der Waals surface area (Å²) in [6.07, 6.45) is 7.37. The van der Waals surface area contributed by atoms with Gasteiger partial charge in [0.15, 0.2) is 5.96 Å². The maximum absolute atomic E-state index is 4.31. The van der Waals surface area contributed by atoms with Crippen LogP contribution in [-0.4, -0.2) is 62.1 Å². The number of rotatable bonds is 8. The van der Waals surface area contributed by atoms with E-state index >= 15 is 0 Å². The van der Waals surface area contributed by atoms with Gasteiger partial charge in [0.2, 0.25) is 0 Å².